The van der Waals surface area contributed by atoms with Gasteiger partial charge >= 0.3 is 0 Å². The van der Waals surface area contributed by atoms with Crippen molar-refractivity contribution in [1.29, 1.82) is 0 Å². The summed E-state index contributed by atoms with van der Waals surface area (Å²) in [6.07, 6.45) is -0.499. The number of benzene rings is 1. The number of ether oxygens (including phenoxy) is 2. The minimum absolute atomic E-state index is 0.263. The lowest BCUT2D eigenvalue weighted by molar-refractivity contribution is 0.208. The highest BCUT2D eigenvalue weighted by Gasteiger charge is 2.08. The second-order valence-electron chi connectivity index (χ2n) is 3.22. The molecule has 1 aromatic carbocycles. The number of aliphatic hydroxyl groups is 1. The molecule has 0 saturated carbocycles. The van der Waals surface area contributed by atoms with Crippen LogP contribution in [-0.2, 0) is 0 Å². The molecule has 1 rings (SSSR count). The van der Waals surface area contributed by atoms with Crippen LogP contribution in [0.2, 0.25) is 0 Å². The van der Waals surface area contributed by atoms with E-state index in [9.17, 15) is 5.11 Å². The van der Waals surface area contributed by atoms with Crippen LogP contribution >= 0.6 is 11.8 Å². The summed E-state index contributed by atoms with van der Waals surface area (Å²) in [6.45, 7) is 0.263. The number of methoxy groups -OCH3 is 2. The van der Waals surface area contributed by atoms with E-state index in [-0.39, 0.29) is 6.54 Å². The van der Waals surface area contributed by atoms with E-state index >= 15 is 0 Å². The van der Waals surface area contributed by atoms with Crippen LogP contribution in [0.3, 0.4) is 0 Å². The summed E-state index contributed by atoms with van der Waals surface area (Å²) in [5.74, 6) is 2.08. The molecule has 1 atom stereocenters. The number of nitrogens with two attached hydrogens (primary N) is 1. The number of thioether (sulfide) groups is 1. The van der Waals surface area contributed by atoms with Crippen LogP contribution in [0.4, 0.5) is 0 Å². The number of rotatable bonds is 6. The summed E-state index contributed by atoms with van der Waals surface area (Å²) < 4.78 is 10.4. The molecule has 0 spiro atoms. The van der Waals surface area contributed by atoms with Gasteiger partial charge in [0, 0.05) is 12.3 Å². The van der Waals surface area contributed by atoms with Gasteiger partial charge in [0.05, 0.1) is 25.2 Å². The molecule has 0 heterocycles. The van der Waals surface area contributed by atoms with Crippen LogP contribution in [0, 0.1) is 0 Å². The first-order valence-electron chi connectivity index (χ1n) is 4.94. The van der Waals surface area contributed by atoms with Crippen LogP contribution in [0.15, 0.2) is 23.1 Å². The van der Waals surface area contributed by atoms with Crippen LogP contribution < -0.4 is 15.2 Å². The molecule has 4 nitrogen and oxygen atoms in total. The zero-order valence-electron chi connectivity index (χ0n) is 9.47. The van der Waals surface area contributed by atoms with Crippen molar-refractivity contribution in [3.63, 3.8) is 0 Å². The van der Waals surface area contributed by atoms with E-state index in [1.165, 1.54) is 11.8 Å². The van der Waals surface area contributed by atoms with Gasteiger partial charge in [-0.2, -0.15) is 0 Å². The van der Waals surface area contributed by atoms with Gasteiger partial charge in [-0.3, -0.25) is 0 Å². The summed E-state index contributed by atoms with van der Waals surface area (Å²) >= 11 is 1.50. The molecule has 0 bridgehead atoms. The van der Waals surface area contributed by atoms with Gasteiger partial charge in [0.1, 0.15) is 11.5 Å². The molecule has 0 radical (unpaired) electrons. The zero-order chi connectivity index (χ0) is 12.0. The fraction of sp³-hybridized carbons (Fsp3) is 0.455. The van der Waals surface area contributed by atoms with Crippen LogP contribution in [0.1, 0.15) is 0 Å². The third-order valence-corrected chi connectivity index (χ3v) is 3.26. The Labute approximate surface area is 99.7 Å². The maximum Gasteiger partial charge on any atom is 0.132 e. The molecule has 1 unspecified atom stereocenters. The minimum atomic E-state index is -0.499. The lowest BCUT2D eigenvalue weighted by atomic mass is 10.3. The highest BCUT2D eigenvalue weighted by molar-refractivity contribution is 7.99. The lowest BCUT2D eigenvalue weighted by Gasteiger charge is -2.11. The number of hydrogen-bond acceptors (Lipinski definition) is 5. The third kappa shape index (κ3) is 3.59. The molecule has 0 saturated heterocycles. The summed E-state index contributed by atoms with van der Waals surface area (Å²) in [7, 11) is 3.23. The van der Waals surface area contributed by atoms with Crippen molar-refractivity contribution in [1.82, 2.24) is 0 Å². The molecule has 1 aromatic rings. The second-order valence-corrected chi connectivity index (χ2v) is 4.28. The first kappa shape index (κ1) is 13.2. The molecule has 0 aliphatic rings. The van der Waals surface area contributed by atoms with Gasteiger partial charge in [-0.15, -0.1) is 11.8 Å². The van der Waals surface area contributed by atoms with Gasteiger partial charge in [-0.1, -0.05) is 0 Å². The molecule has 0 aromatic heterocycles. The molecule has 90 valence electrons. The van der Waals surface area contributed by atoms with Crippen molar-refractivity contribution in [3.05, 3.63) is 18.2 Å². The predicted molar refractivity (Wildman–Crippen MR) is 65.3 cm³/mol. The maximum atomic E-state index is 9.39. The van der Waals surface area contributed by atoms with E-state index < -0.39 is 6.10 Å². The van der Waals surface area contributed by atoms with Crippen molar-refractivity contribution in [3.8, 4) is 11.5 Å². The average Bonchev–Trinajstić information content (AvgIpc) is 2.35. The van der Waals surface area contributed by atoms with Gasteiger partial charge in [-0.05, 0) is 18.2 Å². The largest absolute Gasteiger partial charge is 0.497 e. The molecule has 0 fully saturated rings. The molecule has 0 aliphatic heterocycles. The molecule has 0 aliphatic carbocycles. The average molecular weight is 243 g/mol. The normalized spacial score (nSPS) is 12.2. The predicted octanol–water partition coefficient (Wildman–Crippen LogP) is 1.12. The van der Waals surface area contributed by atoms with Crippen molar-refractivity contribution in [2.24, 2.45) is 5.73 Å². The fourth-order valence-corrected chi connectivity index (χ4v) is 2.15. The van der Waals surface area contributed by atoms with E-state index in [1.54, 1.807) is 14.2 Å². The SMILES string of the molecule is COc1ccc(OC)c(SCC(O)CN)c1. The first-order chi connectivity index (χ1) is 7.71. The Morgan fingerprint density at radius 3 is 2.69 bits per heavy atom. The Morgan fingerprint density at radius 2 is 2.12 bits per heavy atom. The Balaban J connectivity index is 2.75. The monoisotopic (exact) mass is 243 g/mol. The summed E-state index contributed by atoms with van der Waals surface area (Å²) in [5, 5.41) is 9.39. The van der Waals surface area contributed by atoms with Gasteiger partial charge in [0.15, 0.2) is 0 Å². The van der Waals surface area contributed by atoms with E-state index in [4.69, 9.17) is 15.2 Å². The Kier molecular flexibility index (Phi) is 5.45. The van der Waals surface area contributed by atoms with Gasteiger partial charge < -0.3 is 20.3 Å². The lowest BCUT2D eigenvalue weighted by Crippen LogP contribution is -2.21. The third-order valence-electron chi connectivity index (χ3n) is 2.07. The minimum Gasteiger partial charge on any atom is -0.497 e. The van der Waals surface area contributed by atoms with E-state index in [2.05, 4.69) is 0 Å². The Morgan fingerprint density at radius 1 is 1.38 bits per heavy atom. The van der Waals surface area contributed by atoms with Gasteiger partial charge in [0.25, 0.3) is 0 Å². The van der Waals surface area contributed by atoms with Crippen molar-refractivity contribution in [2.45, 2.75) is 11.0 Å². The van der Waals surface area contributed by atoms with Gasteiger partial charge in [0.2, 0.25) is 0 Å². The van der Waals surface area contributed by atoms with E-state index in [1.807, 2.05) is 18.2 Å². The Hall–Kier alpha value is -0.910. The van der Waals surface area contributed by atoms with E-state index in [0.29, 0.717) is 5.75 Å². The second kappa shape index (κ2) is 6.62. The molecule has 3 N–H and O–H groups in total. The number of hydrogen-bond donors (Lipinski definition) is 2. The quantitative estimate of drug-likeness (QED) is 0.733. The highest BCUT2D eigenvalue weighted by atomic mass is 32.2. The molecule has 5 heteroatoms. The Bertz CT molecular complexity index is 333. The highest BCUT2D eigenvalue weighted by Crippen LogP contribution is 2.32. The van der Waals surface area contributed by atoms with Crippen LogP contribution in [-0.4, -0.2) is 37.7 Å². The van der Waals surface area contributed by atoms with Crippen molar-refractivity contribution in [2.75, 3.05) is 26.5 Å². The maximum absolute atomic E-state index is 9.39. The number of aliphatic hydroxyl groups excluding tert-OH is 1. The van der Waals surface area contributed by atoms with Crippen molar-refractivity contribution < 1.29 is 14.6 Å². The molecular formula is C11H17NO3S. The van der Waals surface area contributed by atoms with Gasteiger partial charge in [-0.25, -0.2) is 0 Å². The van der Waals surface area contributed by atoms with Crippen LogP contribution in [0.25, 0.3) is 0 Å². The molecule has 0 amide bonds. The smallest absolute Gasteiger partial charge is 0.132 e. The van der Waals surface area contributed by atoms with Crippen molar-refractivity contribution >= 4 is 11.8 Å². The molecular weight excluding hydrogens is 226 g/mol. The topological polar surface area (TPSA) is 64.7 Å². The zero-order valence-corrected chi connectivity index (χ0v) is 10.3. The summed E-state index contributed by atoms with van der Waals surface area (Å²) in [5.41, 5.74) is 5.34. The summed E-state index contributed by atoms with van der Waals surface area (Å²) in [4.78, 5) is 0.939. The van der Waals surface area contributed by atoms with Crippen LogP contribution in [0.5, 0.6) is 11.5 Å². The molecule has 16 heavy (non-hydrogen) atoms. The summed E-state index contributed by atoms with van der Waals surface area (Å²) in [6, 6.07) is 5.56. The first-order valence-corrected chi connectivity index (χ1v) is 5.92. The standard InChI is InChI=1S/C11H17NO3S/c1-14-9-3-4-10(15-2)11(5-9)16-7-8(13)6-12/h3-5,8,13H,6-7,12H2,1-2H3. The van der Waals surface area contributed by atoms with E-state index in [0.717, 1.165) is 16.4 Å². The fourth-order valence-electron chi connectivity index (χ4n) is 1.15.